The van der Waals surface area contributed by atoms with E-state index in [0.717, 1.165) is 17.8 Å². The molecule has 0 aromatic carbocycles. The zero-order chi connectivity index (χ0) is 9.10. The molecular weight excluding hydrogens is 166 g/mol. The van der Waals surface area contributed by atoms with Crippen LogP contribution in [0.5, 0.6) is 0 Å². The molecule has 2 rings (SSSR count). The summed E-state index contributed by atoms with van der Waals surface area (Å²) in [5.41, 5.74) is 6.98. The second-order valence-electron chi connectivity index (χ2n) is 2.92. The minimum atomic E-state index is -0.0902. The van der Waals surface area contributed by atoms with Gasteiger partial charge in [-0.15, -0.1) is 0 Å². The first-order valence-corrected chi connectivity index (χ1v) is 4.12. The van der Waals surface area contributed by atoms with Crippen molar-refractivity contribution in [3.8, 4) is 0 Å². The van der Waals surface area contributed by atoms with Crippen molar-refractivity contribution in [3.05, 3.63) is 42.4 Å². The maximum absolute atomic E-state index is 5.90. The van der Waals surface area contributed by atoms with E-state index in [0.29, 0.717) is 0 Å². The van der Waals surface area contributed by atoms with E-state index in [-0.39, 0.29) is 6.04 Å². The molecule has 0 saturated heterocycles. The van der Waals surface area contributed by atoms with Gasteiger partial charge in [0.05, 0.1) is 18.6 Å². The highest BCUT2D eigenvalue weighted by Crippen LogP contribution is 2.12. The lowest BCUT2D eigenvalue weighted by Gasteiger charge is -2.05. The molecule has 0 aliphatic carbocycles. The topological polar surface area (TPSA) is 67.8 Å². The fourth-order valence-corrected chi connectivity index (χ4v) is 1.24. The van der Waals surface area contributed by atoms with Crippen molar-refractivity contribution in [2.24, 2.45) is 5.73 Å². The summed E-state index contributed by atoms with van der Waals surface area (Å²) >= 11 is 0. The van der Waals surface area contributed by atoms with Gasteiger partial charge in [0.1, 0.15) is 5.82 Å². The van der Waals surface area contributed by atoms with Gasteiger partial charge in [-0.2, -0.15) is 0 Å². The van der Waals surface area contributed by atoms with Crippen molar-refractivity contribution < 1.29 is 4.42 Å². The second kappa shape index (κ2) is 3.45. The SMILES string of the molecule is NC(Cc1ccoc1)c1ncc[nH]1. The number of aromatic nitrogens is 2. The number of aromatic amines is 1. The number of rotatable bonds is 3. The molecule has 0 aliphatic rings. The van der Waals surface area contributed by atoms with Crippen LogP contribution in [0.3, 0.4) is 0 Å². The van der Waals surface area contributed by atoms with Crippen LogP contribution >= 0.6 is 0 Å². The molecule has 0 amide bonds. The maximum Gasteiger partial charge on any atom is 0.123 e. The largest absolute Gasteiger partial charge is 0.472 e. The second-order valence-corrected chi connectivity index (χ2v) is 2.92. The quantitative estimate of drug-likeness (QED) is 0.741. The highest BCUT2D eigenvalue weighted by Gasteiger charge is 2.09. The first-order valence-electron chi connectivity index (χ1n) is 4.12. The minimum Gasteiger partial charge on any atom is -0.472 e. The lowest BCUT2D eigenvalue weighted by molar-refractivity contribution is 0.560. The van der Waals surface area contributed by atoms with Gasteiger partial charge in [-0.05, 0) is 18.1 Å². The molecule has 3 N–H and O–H groups in total. The summed E-state index contributed by atoms with van der Waals surface area (Å²) in [6.07, 6.45) is 7.55. The zero-order valence-electron chi connectivity index (χ0n) is 7.10. The number of hydrogen-bond acceptors (Lipinski definition) is 3. The van der Waals surface area contributed by atoms with Gasteiger partial charge in [0, 0.05) is 12.4 Å². The summed E-state index contributed by atoms with van der Waals surface area (Å²) in [6.45, 7) is 0. The average molecular weight is 177 g/mol. The monoisotopic (exact) mass is 177 g/mol. The van der Waals surface area contributed by atoms with Gasteiger partial charge in [-0.25, -0.2) is 4.98 Å². The molecule has 1 unspecified atom stereocenters. The molecule has 0 spiro atoms. The van der Waals surface area contributed by atoms with E-state index in [1.807, 2.05) is 6.07 Å². The third kappa shape index (κ3) is 1.78. The van der Waals surface area contributed by atoms with E-state index in [1.54, 1.807) is 24.9 Å². The normalized spacial score (nSPS) is 13.0. The zero-order valence-corrected chi connectivity index (χ0v) is 7.10. The molecule has 68 valence electrons. The molecule has 2 aromatic heterocycles. The van der Waals surface area contributed by atoms with Gasteiger partial charge in [0.15, 0.2) is 0 Å². The summed E-state index contributed by atoms with van der Waals surface area (Å²) in [6, 6.07) is 1.82. The first-order chi connectivity index (χ1) is 6.36. The fraction of sp³-hybridized carbons (Fsp3) is 0.222. The van der Waals surface area contributed by atoms with E-state index < -0.39 is 0 Å². The molecule has 2 heterocycles. The first kappa shape index (κ1) is 8.07. The molecular formula is C9H11N3O. The van der Waals surface area contributed by atoms with E-state index in [1.165, 1.54) is 0 Å². The van der Waals surface area contributed by atoms with Crippen LogP contribution < -0.4 is 5.73 Å². The average Bonchev–Trinajstić information content (AvgIpc) is 2.74. The van der Waals surface area contributed by atoms with Gasteiger partial charge < -0.3 is 15.1 Å². The highest BCUT2D eigenvalue weighted by atomic mass is 16.3. The molecule has 0 aliphatic heterocycles. The van der Waals surface area contributed by atoms with Gasteiger partial charge in [-0.1, -0.05) is 0 Å². The molecule has 0 radical (unpaired) electrons. The van der Waals surface area contributed by atoms with Gasteiger partial charge in [-0.3, -0.25) is 0 Å². The number of furan rings is 1. The van der Waals surface area contributed by atoms with Crippen LogP contribution in [0, 0.1) is 0 Å². The Hall–Kier alpha value is -1.55. The van der Waals surface area contributed by atoms with Gasteiger partial charge in [0.25, 0.3) is 0 Å². The summed E-state index contributed by atoms with van der Waals surface area (Å²) in [5.74, 6) is 0.807. The summed E-state index contributed by atoms with van der Waals surface area (Å²) < 4.78 is 4.95. The molecule has 1 atom stereocenters. The Morgan fingerprint density at radius 3 is 3.15 bits per heavy atom. The smallest absolute Gasteiger partial charge is 0.123 e. The standard InChI is InChI=1S/C9H11N3O/c10-8(9-11-2-3-12-9)5-7-1-4-13-6-7/h1-4,6,8H,5,10H2,(H,11,12). The van der Waals surface area contributed by atoms with Crippen molar-refractivity contribution in [1.82, 2.24) is 9.97 Å². The Kier molecular flexibility index (Phi) is 2.14. The predicted octanol–water partition coefficient (Wildman–Crippen LogP) is 1.25. The third-order valence-corrected chi connectivity index (χ3v) is 1.91. The van der Waals surface area contributed by atoms with Crippen LogP contribution in [0.15, 0.2) is 35.4 Å². The number of H-pyrrole nitrogens is 1. The van der Waals surface area contributed by atoms with Gasteiger partial charge >= 0.3 is 0 Å². The van der Waals surface area contributed by atoms with E-state index in [4.69, 9.17) is 10.2 Å². The molecule has 4 heteroatoms. The molecule has 0 fully saturated rings. The van der Waals surface area contributed by atoms with Crippen molar-refractivity contribution >= 4 is 0 Å². The molecule has 4 nitrogen and oxygen atoms in total. The number of imidazole rings is 1. The number of nitrogens with one attached hydrogen (secondary N) is 1. The molecule has 2 aromatic rings. The summed E-state index contributed by atoms with van der Waals surface area (Å²) in [4.78, 5) is 7.07. The molecule has 0 saturated carbocycles. The van der Waals surface area contributed by atoms with Gasteiger partial charge in [0.2, 0.25) is 0 Å². The molecule has 0 bridgehead atoms. The minimum absolute atomic E-state index is 0.0902. The highest BCUT2D eigenvalue weighted by molar-refractivity contribution is 5.10. The molecule has 13 heavy (non-hydrogen) atoms. The van der Waals surface area contributed by atoms with Crippen molar-refractivity contribution in [2.45, 2.75) is 12.5 Å². The Morgan fingerprint density at radius 2 is 2.54 bits per heavy atom. The van der Waals surface area contributed by atoms with Crippen LogP contribution in [0.25, 0.3) is 0 Å². The Balaban J connectivity index is 2.04. The van der Waals surface area contributed by atoms with Crippen molar-refractivity contribution in [2.75, 3.05) is 0 Å². The third-order valence-electron chi connectivity index (χ3n) is 1.91. The maximum atomic E-state index is 5.90. The van der Waals surface area contributed by atoms with Crippen LogP contribution in [0.1, 0.15) is 17.4 Å². The van der Waals surface area contributed by atoms with E-state index in [9.17, 15) is 0 Å². The number of nitrogens with zero attached hydrogens (tertiary/aromatic N) is 1. The number of nitrogens with two attached hydrogens (primary N) is 1. The lowest BCUT2D eigenvalue weighted by Crippen LogP contribution is -2.14. The Labute approximate surface area is 75.8 Å². The van der Waals surface area contributed by atoms with E-state index in [2.05, 4.69) is 9.97 Å². The van der Waals surface area contributed by atoms with Crippen LogP contribution in [-0.4, -0.2) is 9.97 Å². The van der Waals surface area contributed by atoms with Crippen molar-refractivity contribution in [3.63, 3.8) is 0 Å². The van der Waals surface area contributed by atoms with Crippen LogP contribution in [0.4, 0.5) is 0 Å². The Bertz CT molecular complexity index is 339. The van der Waals surface area contributed by atoms with E-state index >= 15 is 0 Å². The summed E-state index contributed by atoms with van der Waals surface area (Å²) in [5, 5.41) is 0. The van der Waals surface area contributed by atoms with Crippen LogP contribution in [-0.2, 0) is 6.42 Å². The predicted molar refractivity (Wildman–Crippen MR) is 47.9 cm³/mol. The fourth-order valence-electron chi connectivity index (χ4n) is 1.24. The lowest BCUT2D eigenvalue weighted by atomic mass is 10.1. The Morgan fingerprint density at radius 1 is 1.62 bits per heavy atom. The van der Waals surface area contributed by atoms with Crippen LogP contribution in [0.2, 0.25) is 0 Å². The van der Waals surface area contributed by atoms with Crippen molar-refractivity contribution in [1.29, 1.82) is 0 Å². The number of hydrogen-bond donors (Lipinski definition) is 2. The summed E-state index contributed by atoms with van der Waals surface area (Å²) in [7, 11) is 0.